The number of aromatic nitrogens is 2. The molecule has 1 aromatic heterocycles. The monoisotopic (exact) mass is 420 g/mol. The van der Waals surface area contributed by atoms with E-state index >= 15 is 0 Å². The first-order valence-corrected chi connectivity index (χ1v) is 9.10. The number of halogens is 3. The van der Waals surface area contributed by atoms with Crippen LogP contribution >= 0.6 is 34.2 Å². The van der Waals surface area contributed by atoms with Crippen LogP contribution in [0, 0.1) is 21.2 Å². The second kappa shape index (κ2) is 6.41. The van der Waals surface area contributed by atoms with Crippen LogP contribution in [0.15, 0.2) is 12.1 Å². The van der Waals surface area contributed by atoms with Crippen molar-refractivity contribution in [2.45, 2.75) is 45.0 Å². The number of fused-ring (bicyclic) bond motifs is 1. The Kier molecular flexibility index (Phi) is 4.74. The van der Waals surface area contributed by atoms with Gasteiger partial charge in [-0.1, -0.05) is 19.8 Å². The molecular weight excluding hydrogens is 402 g/mol. The van der Waals surface area contributed by atoms with Gasteiger partial charge >= 0.3 is 0 Å². The third-order valence-electron chi connectivity index (χ3n) is 4.47. The Morgan fingerprint density at radius 1 is 1.43 bits per heavy atom. The van der Waals surface area contributed by atoms with E-state index in [1.54, 1.807) is 12.1 Å². The highest BCUT2D eigenvalue weighted by atomic mass is 127. The molecule has 0 aliphatic heterocycles. The maximum Gasteiger partial charge on any atom is 0.138 e. The van der Waals surface area contributed by atoms with Crippen LogP contribution in [-0.4, -0.2) is 9.55 Å². The van der Waals surface area contributed by atoms with E-state index in [1.807, 2.05) is 22.6 Å². The summed E-state index contributed by atoms with van der Waals surface area (Å²) < 4.78 is 16.6. The van der Waals surface area contributed by atoms with Gasteiger partial charge in [0.2, 0.25) is 0 Å². The summed E-state index contributed by atoms with van der Waals surface area (Å²) in [4.78, 5) is 4.58. The van der Waals surface area contributed by atoms with Crippen LogP contribution in [0.2, 0.25) is 0 Å². The fourth-order valence-corrected chi connectivity index (χ4v) is 4.11. The van der Waals surface area contributed by atoms with Gasteiger partial charge in [-0.15, -0.1) is 11.6 Å². The van der Waals surface area contributed by atoms with Gasteiger partial charge in [0.15, 0.2) is 0 Å². The lowest BCUT2D eigenvalue weighted by Gasteiger charge is -2.27. The average Bonchev–Trinajstić information content (AvgIpc) is 2.77. The Bertz CT molecular complexity index is 655. The Hall–Kier alpha value is -0.360. The minimum absolute atomic E-state index is 0.178. The molecule has 2 aromatic rings. The molecular formula is C16H19ClFIN2. The van der Waals surface area contributed by atoms with Crippen molar-refractivity contribution in [1.29, 1.82) is 0 Å². The molecule has 1 aliphatic carbocycles. The van der Waals surface area contributed by atoms with E-state index in [1.165, 1.54) is 25.7 Å². The number of nitrogens with zero attached hydrogens (tertiary/aromatic N) is 2. The zero-order valence-electron chi connectivity index (χ0n) is 12.1. The summed E-state index contributed by atoms with van der Waals surface area (Å²) in [6, 6.07) is 3.41. The highest BCUT2D eigenvalue weighted by Crippen LogP contribution is 2.31. The predicted molar refractivity (Wildman–Crippen MR) is 93.1 cm³/mol. The first-order valence-electron chi connectivity index (χ1n) is 7.48. The summed E-state index contributed by atoms with van der Waals surface area (Å²) in [5.74, 6) is 2.48. The lowest BCUT2D eigenvalue weighted by molar-refractivity contribution is 0.257. The first kappa shape index (κ1) is 15.5. The van der Waals surface area contributed by atoms with Crippen molar-refractivity contribution in [1.82, 2.24) is 9.55 Å². The van der Waals surface area contributed by atoms with E-state index in [0.29, 0.717) is 15.4 Å². The Morgan fingerprint density at radius 3 is 2.95 bits per heavy atom. The third kappa shape index (κ3) is 3.21. The van der Waals surface area contributed by atoms with Gasteiger partial charge in [0.1, 0.15) is 11.6 Å². The molecule has 1 fully saturated rings. The van der Waals surface area contributed by atoms with E-state index in [4.69, 9.17) is 11.6 Å². The number of hydrogen-bond donors (Lipinski definition) is 0. The van der Waals surface area contributed by atoms with Crippen molar-refractivity contribution in [3.8, 4) is 0 Å². The van der Waals surface area contributed by atoms with Gasteiger partial charge in [0.05, 0.1) is 20.5 Å². The second-order valence-electron chi connectivity index (χ2n) is 6.17. The van der Waals surface area contributed by atoms with E-state index in [0.717, 1.165) is 29.3 Å². The molecule has 0 spiro atoms. The van der Waals surface area contributed by atoms with Gasteiger partial charge in [0, 0.05) is 12.6 Å². The average molecular weight is 421 g/mol. The maximum atomic E-state index is 13.9. The van der Waals surface area contributed by atoms with E-state index in [9.17, 15) is 4.39 Å². The molecule has 3 rings (SSSR count). The normalized spacial score (nSPS) is 22.9. The molecule has 0 N–H and O–H groups in total. The van der Waals surface area contributed by atoms with Crippen molar-refractivity contribution in [3.05, 3.63) is 27.3 Å². The molecule has 2 unspecified atom stereocenters. The van der Waals surface area contributed by atoms with Crippen LogP contribution in [0.5, 0.6) is 0 Å². The van der Waals surface area contributed by atoms with Crippen molar-refractivity contribution in [3.63, 3.8) is 0 Å². The minimum Gasteiger partial charge on any atom is -0.327 e. The number of rotatable bonds is 3. The van der Waals surface area contributed by atoms with Crippen LogP contribution in [0.1, 0.15) is 38.4 Å². The second-order valence-corrected chi connectivity index (χ2v) is 7.59. The molecule has 2 nitrogen and oxygen atoms in total. The van der Waals surface area contributed by atoms with Gasteiger partial charge in [-0.25, -0.2) is 9.37 Å². The molecule has 21 heavy (non-hydrogen) atoms. The van der Waals surface area contributed by atoms with E-state index < -0.39 is 0 Å². The molecule has 0 bridgehead atoms. The van der Waals surface area contributed by atoms with Crippen LogP contribution in [0.3, 0.4) is 0 Å². The molecule has 5 heteroatoms. The van der Waals surface area contributed by atoms with Crippen LogP contribution < -0.4 is 0 Å². The molecule has 1 aliphatic rings. The fourth-order valence-electron chi connectivity index (χ4n) is 3.46. The van der Waals surface area contributed by atoms with Gasteiger partial charge in [-0.2, -0.15) is 0 Å². The molecule has 1 heterocycles. The Balaban J connectivity index is 1.97. The van der Waals surface area contributed by atoms with Crippen molar-refractivity contribution in [2.75, 3.05) is 0 Å². The summed E-state index contributed by atoms with van der Waals surface area (Å²) in [5, 5.41) is 0. The first-order chi connectivity index (χ1) is 10.1. The predicted octanol–water partition coefficient (Wildman–Crippen LogP) is 5.35. The standard InChI is InChI=1S/C16H19ClFIN2/c1-10-3-2-4-11(5-10)9-21-15-6-12(18)13(19)7-14(15)20-16(21)8-17/h6-7,10-11H,2-5,8-9H2,1H3. The smallest absolute Gasteiger partial charge is 0.138 e. The zero-order valence-corrected chi connectivity index (χ0v) is 15.0. The van der Waals surface area contributed by atoms with Gasteiger partial charge in [-0.3, -0.25) is 0 Å². The third-order valence-corrected chi connectivity index (χ3v) is 5.54. The summed E-state index contributed by atoms with van der Waals surface area (Å²) in [5.41, 5.74) is 1.72. The molecule has 0 amide bonds. The van der Waals surface area contributed by atoms with Crippen LogP contribution in [0.4, 0.5) is 4.39 Å². The SMILES string of the molecule is CC1CCCC(Cn2c(CCl)nc3cc(I)c(F)cc32)C1. The molecule has 1 saturated carbocycles. The molecule has 2 atom stereocenters. The topological polar surface area (TPSA) is 17.8 Å². The lowest BCUT2D eigenvalue weighted by atomic mass is 9.82. The summed E-state index contributed by atoms with van der Waals surface area (Å²) in [7, 11) is 0. The van der Waals surface area contributed by atoms with Crippen LogP contribution in [-0.2, 0) is 12.4 Å². The van der Waals surface area contributed by atoms with Crippen LogP contribution in [0.25, 0.3) is 11.0 Å². The highest BCUT2D eigenvalue weighted by molar-refractivity contribution is 14.1. The highest BCUT2D eigenvalue weighted by Gasteiger charge is 2.22. The molecule has 114 valence electrons. The molecule has 1 aromatic carbocycles. The minimum atomic E-state index is -0.178. The number of imidazole rings is 1. The summed E-state index contributed by atoms with van der Waals surface area (Å²) >= 11 is 8.06. The van der Waals surface area contributed by atoms with Crippen molar-refractivity contribution in [2.24, 2.45) is 11.8 Å². The molecule has 0 saturated heterocycles. The molecule has 0 radical (unpaired) electrons. The largest absolute Gasteiger partial charge is 0.327 e. The zero-order chi connectivity index (χ0) is 15.0. The Morgan fingerprint density at radius 2 is 2.24 bits per heavy atom. The lowest BCUT2D eigenvalue weighted by Crippen LogP contribution is -2.19. The van der Waals surface area contributed by atoms with Gasteiger partial charge < -0.3 is 4.57 Å². The number of hydrogen-bond acceptors (Lipinski definition) is 1. The quantitative estimate of drug-likeness (QED) is 0.484. The summed E-state index contributed by atoms with van der Waals surface area (Å²) in [6.45, 7) is 3.23. The van der Waals surface area contributed by atoms with Gasteiger partial charge in [-0.05, 0) is 53.3 Å². The van der Waals surface area contributed by atoms with Gasteiger partial charge in [0.25, 0.3) is 0 Å². The Labute approximate surface area is 143 Å². The van der Waals surface area contributed by atoms with E-state index in [-0.39, 0.29) is 5.82 Å². The van der Waals surface area contributed by atoms with Crippen molar-refractivity contribution < 1.29 is 4.39 Å². The number of alkyl halides is 1. The van der Waals surface area contributed by atoms with Crippen molar-refractivity contribution >= 4 is 45.2 Å². The fraction of sp³-hybridized carbons (Fsp3) is 0.562. The maximum absolute atomic E-state index is 13.9. The number of benzene rings is 1. The van der Waals surface area contributed by atoms with E-state index in [2.05, 4.69) is 16.5 Å². The summed E-state index contributed by atoms with van der Waals surface area (Å²) in [6.07, 6.45) is 5.12.